The van der Waals surface area contributed by atoms with Crippen LogP contribution in [0.25, 0.3) is 0 Å². The van der Waals surface area contributed by atoms with E-state index >= 15 is 0 Å². The Balaban J connectivity index is 1.06. The van der Waals surface area contributed by atoms with Crippen molar-refractivity contribution in [3.05, 3.63) is 23.8 Å². The fourth-order valence-electron chi connectivity index (χ4n) is 5.44. The second kappa shape index (κ2) is 10.4. The number of amides is 2. The van der Waals surface area contributed by atoms with Gasteiger partial charge in [0.15, 0.2) is 0 Å². The van der Waals surface area contributed by atoms with Crippen LogP contribution in [0.2, 0.25) is 0 Å². The van der Waals surface area contributed by atoms with E-state index in [1.807, 2.05) is 24.3 Å². The molecule has 0 aromatic rings. The lowest BCUT2D eigenvalue weighted by Crippen LogP contribution is -2.53. The number of hydrogen-bond acceptors (Lipinski definition) is 8. The predicted octanol–water partition coefficient (Wildman–Crippen LogP) is -0.306. The molecule has 2 saturated heterocycles. The van der Waals surface area contributed by atoms with Crippen molar-refractivity contribution in [2.24, 2.45) is 21.0 Å². The van der Waals surface area contributed by atoms with Gasteiger partial charge >= 0.3 is 0 Å². The molecule has 2 amide bonds. The third kappa shape index (κ3) is 5.54. The SMILES string of the molecule is CCC1CC2N=CC(CN3CCN(C4C=CC(C(=O)NC5C=NN(C)C5)=NC4)CC3)=CC2NC1=O. The maximum Gasteiger partial charge on any atom is 0.269 e. The lowest BCUT2D eigenvalue weighted by molar-refractivity contribution is -0.127. The number of hydrazone groups is 1. The summed E-state index contributed by atoms with van der Waals surface area (Å²) in [6.07, 6.45) is 11.7. The Bertz CT molecular complexity index is 978. The number of aliphatic imine (C=N–C) groups is 2. The third-order valence-corrected chi connectivity index (χ3v) is 7.60. The van der Waals surface area contributed by atoms with Crippen molar-refractivity contribution in [3.8, 4) is 0 Å². The molecule has 5 aliphatic heterocycles. The summed E-state index contributed by atoms with van der Waals surface area (Å²) in [5.41, 5.74) is 1.68. The number of carbonyl (C=O) groups excluding carboxylic acids is 2. The number of nitrogens with zero attached hydrogens (tertiary/aromatic N) is 6. The molecule has 35 heavy (non-hydrogen) atoms. The van der Waals surface area contributed by atoms with Crippen molar-refractivity contribution in [2.45, 2.75) is 43.9 Å². The van der Waals surface area contributed by atoms with Gasteiger partial charge in [-0.25, -0.2) is 0 Å². The highest BCUT2D eigenvalue weighted by Gasteiger charge is 2.35. The molecular formula is C25H36N8O2. The van der Waals surface area contributed by atoms with Crippen molar-refractivity contribution in [1.29, 1.82) is 0 Å². The molecule has 10 heteroatoms. The van der Waals surface area contributed by atoms with Gasteiger partial charge in [-0.15, -0.1) is 0 Å². The van der Waals surface area contributed by atoms with E-state index in [1.54, 1.807) is 6.21 Å². The van der Waals surface area contributed by atoms with E-state index < -0.39 is 0 Å². The van der Waals surface area contributed by atoms with Crippen LogP contribution in [0, 0.1) is 5.92 Å². The molecule has 0 saturated carbocycles. The smallest absolute Gasteiger partial charge is 0.269 e. The van der Waals surface area contributed by atoms with Gasteiger partial charge in [0.25, 0.3) is 5.91 Å². The van der Waals surface area contributed by atoms with E-state index in [4.69, 9.17) is 4.99 Å². The number of hydrogen-bond donors (Lipinski definition) is 2. The zero-order valence-electron chi connectivity index (χ0n) is 20.6. The Kier molecular flexibility index (Phi) is 7.10. The first-order valence-electron chi connectivity index (χ1n) is 12.8. The highest BCUT2D eigenvalue weighted by Crippen LogP contribution is 2.25. The van der Waals surface area contributed by atoms with Crippen molar-refractivity contribution >= 4 is 30.0 Å². The second-order valence-electron chi connectivity index (χ2n) is 10.1. The third-order valence-electron chi connectivity index (χ3n) is 7.60. The van der Waals surface area contributed by atoms with E-state index in [2.05, 4.69) is 49.6 Å². The van der Waals surface area contributed by atoms with E-state index in [9.17, 15) is 9.59 Å². The van der Waals surface area contributed by atoms with Crippen LogP contribution >= 0.6 is 0 Å². The summed E-state index contributed by atoms with van der Waals surface area (Å²) in [6.45, 7) is 8.08. The van der Waals surface area contributed by atoms with Crippen LogP contribution < -0.4 is 10.6 Å². The summed E-state index contributed by atoms with van der Waals surface area (Å²) in [5, 5.41) is 12.1. The topological polar surface area (TPSA) is 105 Å². The van der Waals surface area contributed by atoms with Crippen LogP contribution in [0.4, 0.5) is 0 Å². The van der Waals surface area contributed by atoms with Gasteiger partial charge in [0.1, 0.15) is 5.71 Å². The highest BCUT2D eigenvalue weighted by atomic mass is 16.2. The summed E-state index contributed by atoms with van der Waals surface area (Å²) < 4.78 is 0. The Hall–Kier alpha value is -2.85. The minimum atomic E-state index is -0.139. The molecule has 5 unspecified atom stereocenters. The van der Waals surface area contributed by atoms with E-state index in [0.29, 0.717) is 18.8 Å². The predicted molar refractivity (Wildman–Crippen MR) is 137 cm³/mol. The summed E-state index contributed by atoms with van der Waals surface area (Å²) in [4.78, 5) is 39.0. The average molecular weight is 481 g/mol. The first-order chi connectivity index (χ1) is 17.0. The van der Waals surface area contributed by atoms with Crippen LogP contribution in [0.3, 0.4) is 0 Å². The second-order valence-corrected chi connectivity index (χ2v) is 10.1. The lowest BCUT2D eigenvalue weighted by Gasteiger charge is -2.39. The molecule has 0 bridgehead atoms. The summed E-state index contributed by atoms with van der Waals surface area (Å²) in [7, 11) is 1.89. The van der Waals surface area contributed by atoms with Crippen LogP contribution in [0.1, 0.15) is 19.8 Å². The zero-order valence-corrected chi connectivity index (χ0v) is 20.6. The minimum absolute atomic E-state index is 0.0325. The van der Waals surface area contributed by atoms with Crippen molar-refractivity contribution < 1.29 is 9.59 Å². The molecular weight excluding hydrogens is 444 g/mol. The molecule has 2 fully saturated rings. The van der Waals surface area contributed by atoms with Gasteiger partial charge in [-0.1, -0.05) is 19.1 Å². The van der Waals surface area contributed by atoms with E-state index in [0.717, 1.165) is 45.6 Å². The molecule has 10 nitrogen and oxygen atoms in total. The number of likely N-dealkylation sites (N-methyl/N-ethyl adjacent to an activating group) is 1. The minimum Gasteiger partial charge on any atom is -0.347 e. The molecule has 0 radical (unpaired) electrons. The maximum absolute atomic E-state index is 12.5. The van der Waals surface area contributed by atoms with Gasteiger partial charge in [-0.2, -0.15) is 5.10 Å². The van der Waals surface area contributed by atoms with Crippen molar-refractivity contribution in [2.75, 3.05) is 52.9 Å². The molecule has 0 aliphatic carbocycles. The number of fused-ring (bicyclic) bond motifs is 1. The quantitative estimate of drug-likeness (QED) is 0.543. The number of nitrogens with one attached hydrogen (secondary N) is 2. The lowest BCUT2D eigenvalue weighted by atomic mass is 9.86. The summed E-state index contributed by atoms with van der Waals surface area (Å²) in [6, 6.07) is 0.377. The van der Waals surface area contributed by atoms with Gasteiger partial charge in [-0.05, 0) is 24.5 Å². The van der Waals surface area contributed by atoms with E-state index in [1.165, 1.54) is 5.57 Å². The van der Waals surface area contributed by atoms with Crippen LogP contribution in [-0.2, 0) is 9.59 Å². The fraction of sp³-hybridized carbons (Fsp3) is 0.640. The Morgan fingerprint density at radius 3 is 2.77 bits per heavy atom. The Morgan fingerprint density at radius 1 is 1.26 bits per heavy atom. The monoisotopic (exact) mass is 480 g/mol. The Morgan fingerprint density at radius 2 is 2.09 bits per heavy atom. The number of rotatable bonds is 6. The zero-order chi connectivity index (χ0) is 24.4. The normalized spacial score (nSPS) is 33.3. The molecule has 188 valence electrons. The van der Waals surface area contributed by atoms with Gasteiger partial charge in [0.05, 0.1) is 31.2 Å². The number of piperidine rings is 1. The molecule has 2 N–H and O–H groups in total. The molecule has 0 aromatic heterocycles. The molecule has 0 spiro atoms. The summed E-state index contributed by atoms with van der Waals surface area (Å²) in [5.74, 6) is 0.114. The molecule has 0 aromatic carbocycles. The van der Waals surface area contributed by atoms with Crippen LogP contribution in [0.15, 0.2) is 38.9 Å². The van der Waals surface area contributed by atoms with E-state index in [-0.39, 0.29) is 41.9 Å². The average Bonchev–Trinajstić information content (AvgIpc) is 3.28. The number of dihydropyridines is 2. The first kappa shape index (κ1) is 23.9. The highest BCUT2D eigenvalue weighted by molar-refractivity contribution is 6.43. The molecule has 5 heterocycles. The standard InChI is InChI=1S/C25H36N8O2/c1-3-18-11-22-23(30-24(18)34)10-17(12-26-22)15-32-6-8-33(9-7-32)20-4-5-21(27-14-20)25(35)29-19-13-28-31(2)16-19/h4-5,10,12-13,18-20,22-23H,3,6-9,11,14-16H2,1-2H3,(H,29,35)(H,30,34). The van der Waals surface area contributed by atoms with Gasteiger partial charge in [0, 0.05) is 64.2 Å². The van der Waals surface area contributed by atoms with Gasteiger partial charge in [-0.3, -0.25) is 34.4 Å². The molecule has 5 aliphatic rings. The Labute approximate surface area is 206 Å². The number of carbonyl (C=O) groups is 2. The maximum atomic E-state index is 12.5. The number of piperazine rings is 1. The molecule has 5 rings (SSSR count). The molecule has 5 atom stereocenters. The van der Waals surface area contributed by atoms with Crippen molar-refractivity contribution in [3.63, 3.8) is 0 Å². The van der Waals surface area contributed by atoms with Crippen molar-refractivity contribution in [1.82, 2.24) is 25.4 Å². The van der Waals surface area contributed by atoms with Crippen LogP contribution in [-0.4, -0.2) is 122 Å². The van der Waals surface area contributed by atoms with Gasteiger partial charge < -0.3 is 10.6 Å². The van der Waals surface area contributed by atoms with Gasteiger partial charge in [0.2, 0.25) is 5.91 Å². The first-order valence-corrected chi connectivity index (χ1v) is 12.8. The fourth-order valence-corrected chi connectivity index (χ4v) is 5.44. The summed E-state index contributed by atoms with van der Waals surface area (Å²) >= 11 is 0. The van der Waals surface area contributed by atoms with Crippen LogP contribution in [0.5, 0.6) is 0 Å². The largest absolute Gasteiger partial charge is 0.347 e.